The van der Waals surface area contributed by atoms with Crippen molar-refractivity contribution in [3.8, 4) is 0 Å². The third-order valence-electron chi connectivity index (χ3n) is 5.05. The monoisotopic (exact) mass is 448 g/mol. The minimum absolute atomic E-state index is 0.0571. The lowest BCUT2D eigenvalue weighted by Gasteiger charge is -2.12. The van der Waals surface area contributed by atoms with E-state index in [2.05, 4.69) is 15.6 Å². The van der Waals surface area contributed by atoms with Gasteiger partial charge in [-0.3, -0.25) is 19.1 Å². The van der Waals surface area contributed by atoms with Crippen molar-refractivity contribution in [1.82, 2.24) is 9.55 Å². The molecule has 4 aromatic rings. The molecule has 0 radical (unpaired) electrons. The number of para-hydroxylation sites is 1. The van der Waals surface area contributed by atoms with E-state index in [4.69, 9.17) is 11.6 Å². The number of halogens is 1. The molecule has 162 valence electrons. The molecule has 0 saturated heterocycles. The Hall–Kier alpha value is -3.84. The van der Waals surface area contributed by atoms with Crippen LogP contribution in [0.1, 0.15) is 12.0 Å². The van der Waals surface area contributed by atoms with Gasteiger partial charge in [0.1, 0.15) is 0 Å². The van der Waals surface area contributed by atoms with Crippen LogP contribution in [0.4, 0.5) is 11.4 Å². The van der Waals surface area contributed by atoms with E-state index in [9.17, 15) is 14.4 Å². The second-order valence-corrected chi connectivity index (χ2v) is 7.67. The number of aromatic amines is 1. The Morgan fingerprint density at radius 3 is 2.50 bits per heavy atom. The number of rotatable bonds is 7. The molecule has 4 rings (SSSR count). The summed E-state index contributed by atoms with van der Waals surface area (Å²) in [5.41, 5.74) is 1.96. The number of hydrogen-bond acceptors (Lipinski definition) is 4. The van der Waals surface area contributed by atoms with Crippen LogP contribution in [-0.2, 0) is 17.9 Å². The van der Waals surface area contributed by atoms with Gasteiger partial charge >= 0.3 is 5.69 Å². The second-order valence-electron chi connectivity index (χ2n) is 7.26. The zero-order valence-electron chi connectivity index (χ0n) is 17.1. The van der Waals surface area contributed by atoms with Crippen molar-refractivity contribution in [3.63, 3.8) is 0 Å². The number of nitrogens with zero attached hydrogens (tertiary/aromatic N) is 1. The summed E-state index contributed by atoms with van der Waals surface area (Å²) < 4.78 is 1.39. The maximum atomic E-state index is 12.4. The molecule has 1 amide bonds. The van der Waals surface area contributed by atoms with Gasteiger partial charge in [-0.1, -0.05) is 54.1 Å². The summed E-state index contributed by atoms with van der Waals surface area (Å²) in [6.45, 7) is 0.764. The van der Waals surface area contributed by atoms with E-state index in [0.717, 1.165) is 11.3 Å². The van der Waals surface area contributed by atoms with Gasteiger partial charge in [0.2, 0.25) is 5.91 Å². The topological polar surface area (TPSA) is 96.0 Å². The fourth-order valence-corrected chi connectivity index (χ4v) is 3.68. The van der Waals surface area contributed by atoms with Gasteiger partial charge in [-0.15, -0.1) is 0 Å². The number of carbonyl (C=O) groups is 1. The van der Waals surface area contributed by atoms with Crippen LogP contribution < -0.4 is 21.9 Å². The SMILES string of the molecule is O=C(CCn1c(=O)[nH]c(=O)c2ccccc21)Nc1ccc(NCc2ccccc2)c(Cl)c1. The number of anilines is 2. The minimum atomic E-state index is -0.543. The molecule has 0 atom stereocenters. The van der Waals surface area contributed by atoms with Gasteiger partial charge in [-0.25, -0.2) is 4.79 Å². The number of aryl methyl sites for hydroxylation is 1. The molecular weight excluding hydrogens is 428 g/mol. The number of nitrogens with one attached hydrogen (secondary N) is 3. The lowest BCUT2D eigenvalue weighted by Crippen LogP contribution is -2.31. The molecule has 3 aromatic carbocycles. The van der Waals surface area contributed by atoms with Gasteiger partial charge in [0.05, 0.1) is 21.6 Å². The molecule has 0 bridgehead atoms. The average Bonchev–Trinajstić information content (AvgIpc) is 2.79. The van der Waals surface area contributed by atoms with Crippen LogP contribution in [0, 0.1) is 0 Å². The number of hydrogen-bond donors (Lipinski definition) is 3. The van der Waals surface area contributed by atoms with E-state index in [1.807, 2.05) is 30.3 Å². The van der Waals surface area contributed by atoms with E-state index >= 15 is 0 Å². The molecule has 32 heavy (non-hydrogen) atoms. The van der Waals surface area contributed by atoms with E-state index < -0.39 is 11.2 Å². The quantitative estimate of drug-likeness (QED) is 0.398. The first kappa shape index (κ1) is 21.4. The molecule has 3 N–H and O–H groups in total. The maximum absolute atomic E-state index is 12.4. The fraction of sp³-hybridized carbons (Fsp3) is 0.125. The van der Waals surface area contributed by atoms with Crippen LogP contribution in [0.2, 0.25) is 5.02 Å². The summed E-state index contributed by atoms with van der Waals surface area (Å²) in [7, 11) is 0. The third kappa shape index (κ3) is 4.90. The van der Waals surface area contributed by atoms with Crippen molar-refractivity contribution in [2.24, 2.45) is 0 Å². The molecule has 7 nitrogen and oxygen atoms in total. The van der Waals surface area contributed by atoms with Crippen molar-refractivity contribution in [2.75, 3.05) is 10.6 Å². The molecule has 8 heteroatoms. The van der Waals surface area contributed by atoms with Crippen LogP contribution in [0.15, 0.2) is 82.4 Å². The highest BCUT2D eigenvalue weighted by molar-refractivity contribution is 6.33. The van der Waals surface area contributed by atoms with Gasteiger partial charge in [0.25, 0.3) is 5.56 Å². The predicted octanol–water partition coefficient (Wildman–Crippen LogP) is 3.98. The smallest absolute Gasteiger partial charge is 0.328 e. The molecule has 0 saturated carbocycles. The number of carbonyl (C=O) groups excluding carboxylic acids is 1. The van der Waals surface area contributed by atoms with E-state index in [0.29, 0.717) is 28.2 Å². The summed E-state index contributed by atoms with van der Waals surface area (Å²) in [6, 6.07) is 22.0. The Morgan fingerprint density at radius 1 is 0.969 bits per heavy atom. The van der Waals surface area contributed by atoms with Crippen LogP contribution in [0.25, 0.3) is 10.9 Å². The zero-order chi connectivity index (χ0) is 22.5. The molecule has 0 spiro atoms. The molecule has 0 aliphatic heterocycles. The van der Waals surface area contributed by atoms with E-state index in [-0.39, 0.29) is 18.9 Å². The summed E-state index contributed by atoms with van der Waals surface area (Å²) in [6.07, 6.45) is 0.0571. The number of amides is 1. The Balaban J connectivity index is 1.40. The molecule has 1 heterocycles. The lowest BCUT2D eigenvalue weighted by atomic mass is 10.2. The molecule has 0 aliphatic carbocycles. The number of H-pyrrole nitrogens is 1. The van der Waals surface area contributed by atoms with Gasteiger partial charge in [0, 0.05) is 25.2 Å². The largest absolute Gasteiger partial charge is 0.380 e. The highest BCUT2D eigenvalue weighted by atomic mass is 35.5. The summed E-state index contributed by atoms with van der Waals surface area (Å²) >= 11 is 6.36. The van der Waals surface area contributed by atoms with Gasteiger partial charge in [-0.05, 0) is 35.9 Å². The first-order valence-corrected chi connectivity index (χ1v) is 10.5. The standard InChI is InChI=1S/C24H21ClN4O3/c25-19-14-17(10-11-20(19)26-15-16-6-2-1-3-7-16)27-22(30)12-13-29-21-9-5-4-8-18(21)23(31)28-24(29)32/h1-11,14,26H,12-13,15H2,(H,27,30)(H,28,31,32). The fourth-order valence-electron chi connectivity index (χ4n) is 3.43. The predicted molar refractivity (Wildman–Crippen MR) is 127 cm³/mol. The van der Waals surface area contributed by atoms with Crippen LogP contribution >= 0.6 is 11.6 Å². The van der Waals surface area contributed by atoms with Gasteiger partial charge in [0.15, 0.2) is 0 Å². The van der Waals surface area contributed by atoms with Crippen molar-refractivity contribution in [1.29, 1.82) is 0 Å². The van der Waals surface area contributed by atoms with Crippen molar-refractivity contribution >= 4 is 39.8 Å². The number of aromatic nitrogens is 2. The summed E-state index contributed by atoms with van der Waals surface area (Å²) in [5, 5.41) is 6.96. The molecule has 1 aromatic heterocycles. The van der Waals surface area contributed by atoms with Crippen LogP contribution in [-0.4, -0.2) is 15.5 Å². The van der Waals surface area contributed by atoms with Gasteiger partial charge in [-0.2, -0.15) is 0 Å². The molecule has 0 aliphatic rings. The second kappa shape index (κ2) is 9.53. The van der Waals surface area contributed by atoms with E-state index in [1.54, 1.807) is 42.5 Å². The summed E-state index contributed by atoms with van der Waals surface area (Å²) in [5.74, 6) is -0.270. The lowest BCUT2D eigenvalue weighted by molar-refractivity contribution is -0.116. The van der Waals surface area contributed by atoms with Crippen molar-refractivity contribution in [3.05, 3.63) is 104 Å². The number of fused-ring (bicyclic) bond motifs is 1. The first-order chi connectivity index (χ1) is 15.5. The Bertz CT molecular complexity index is 1380. The average molecular weight is 449 g/mol. The Kier molecular flexibility index (Phi) is 6.37. The Labute approximate surface area is 188 Å². The molecule has 0 unspecified atom stereocenters. The minimum Gasteiger partial charge on any atom is -0.380 e. The third-order valence-corrected chi connectivity index (χ3v) is 5.36. The maximum Gasteiger partial charge on any atom is 0.328 e. The first-order valence-electron chi connectivity index (χ1n) is 10.1. The molecular formula is C24H21ClN4O3. The van der Waals surface area contributed by atoms with Crippen molar-refractivity contribution in [2.45, 2.75) is 19.5 Å². The van der Waals surface area contributed by atoms with Crippen LogP contribution in [0.3, 0.4) is 0 Å². The Morgan fingerprint density at radius 2 is 1.72 bits per heavy atom. The van der Waals surface area contributed by atoms with Crippen molar-refractivity contribution < 1.29 is 4.79 Å². The normalized spacial score (nSPS) is 10.8. The van der Waals surface area contributed by atoms with Crippen LogP contribution in [0.5, 0.6) is 0 Å². The highest BCUT2D eigenvalue weighted by Gasteiger charge is 2.10. The summed E-state index contributed by atoms with van der Waals surface area (Å²) in [4.78, 5) is 38.9. The number of benzene rings is 3. The zero-order valence-corrected chi connectivity index (χ0v) is 17.9. The highest BCUT2D eigenvalue weighted by Crippen LogP contribution is 2.26. The van der Waals surface area contributed by atoms with Gasteiger partial charge < -0.3 is 10.6 Å². The molecule has 0 fully saturated rings. The van der Waals surface area contributed by atoms with E-state index in [1.165, 1.54) is 4.57 Å².